The molecule has 0 fully saturated rings. The molecule has 0 aliphatic heterocycles. The number of unbranched alkanes of at least 4 members (excludes halogenated alkanes) is 6. The fourth-order valence-corrected chi connectivity index (χ4v) is 4.46. The molecule has 0 saturated carbocycles. The van der Waals surface area contributed by atoms with Gasteiger partial charge in [-0.05, 0) is 44.5 Å². The van der Waals surface area contributed by atoms with Crippen molar-refractivity contribution in [3.63, 3.8) is 0 Å². The molecule has 5 heteroatoms. The number of halogens is 1. The first-order valence-electron chi connectivity index (χ1n) is 10.9. The molecule has 0 aliphatic rings. The second-order valence-corrected chi connectivity index (χ2v) is 9.10. The third-order valence-corrected chi connectivity index (χ3v) is 6.34. The largest absolute Gasteiger partial charge is 0.375 e. The number of thiazole rings is 1. The molecule has 0 atom stereocenters. The molecule has 156 valence electrons. The summed E-state index contributed by atoms with van der Waals surface area (Å²) in [5.74, 6) is 0. The van der Waals surface area contributed by atoms with Gasteiger partial charge in [0.25, 0.3) is 0 Å². The van der Waals surface area contributed by atoms with Crippen molar-refractivity contribution in [1.29, 1.82) is 0 Å². The summed E-state index contributed by atoms with van der Waals surface area (Å²) in [5, 5.41) is 1.40. The van der Waals surface area contributed by atoms with Crippen LogP contribution < -0.4 is 5.73 Å². The molecule has 0 aliphatic carbocycles. The van der Waals surface area contributed by atoms with Crippen LogP contribution in [0.25, 0.3) is 11.3 Å². The molecule has 1 heterocycles. The Morgan fingerprint density at radius 2 is 1.50 bits per heavy atom. The van der Waals surface area contributed by atoms with Gasteiger partial charge in [-0.25, -0.2) is 4.98 Å². The maximum atomic E-state index is 6.05. The lowest BCUT2D eigenvalue weighted by atomic mass is 10.1. The van der Waals surface area contributed by atoms with Crippen LogP contribution in [0.3, 0.4) is 0 Å². The van der Waals surface area contributed by atoms with Gasteiger partial charge in [0.2, 0.25) is 0 Å². The van der Waals surface area contributed by atoms with E-state index in [0.717, 1.165) is 29.2 Å². The van der Waals surface area contributed by atoms with Crippen LogP contribution in [0.15, 0.2) is 24.3 Å². The number of anilines is 1. The van der Waals surface area contributed by atoms with E-state index in [4.69, 9.17) is 17.3 Å². The Morgan fingerprint density at radius 3 is 2.07 bits per heavy atom. The first-order valence-corrected chi connectivity index (χ1v) is 12.1. The van der Waals surface area contributed by atoms with Gasteiger partial charge >= 0.3 is 0 Å². The maximum Gasteiger partial charge on any atom is 0.180 e. The Morgan fingerprint density at radius 1 is 0.893 bits per heavy atom. The molecular weight excluding hydrogens is 386 g/mol. The topological polar surface area (TPSA) is 42.1 Å². The second-order valence-electron chi connectivity index (χ2n) is 7.54. The number of hydrogen-bond donors (Lipinski definition) is 1. The normalized spacial score (nSPS) is 11.4. The minimum atomic E-state index is 0.650. The molecule has 2 aromatic rings. The van der Waals surface area contributed by atoms with Crippen molar-refractivity contribution in [3.8, 4) is 11.3 Å². The molecule has 2 rings (SSSR count). The molecule has 0 spiro atoms. The molecule has 0 saturated heterocycles. The standard InChI is InChI=1S/C23H36ClN3S/c1-3-5-7-9-16-27(17-10-8-6-4-2)18-15-21-22(26-23(25)28-21)19-11-13-20(24)14-12-19/h11-14H,3-10,15-18H2,1-2H3,(H2,25,26). The molecule has 0 unspecified atom stereocenters. The van der Waals surface area contributed by atoms with E-state index < -0.39 is 0 Å². The summed E-state index contributed by atoms with van der Waals surface area (Å²) in [5.41, 5.74) is 8.17. The van der Waals surface area contributed by atoms with Gasteiger partial charge in [-0.3, -0.25) is 0 Å². The van der Waals surface area contributed by atoms with Crippen molar-refractivity contribution in [2.75, 3.05) is 25.4 Å². The highest BCUT2D eigenvalue weighted by atomic mass is 35.5. The minimum Gasteiger partial charge on any atom is -0.375 e. The van der Waals surface area contributed by atoms with Crippen LogP contribution >= 0.6 is 22.9 Å². The van der Waals surface area contributed by atoms with Gasteiger partial charge in [-0.1, -0.05) is 76.1 Å². The average molecular weight is 422 g/mol. The van der Waals surface area contributed by atoms with E-state index in [9.17, 15) is 0 Å². The third kappa shape index (κ3) is 8.10. The van der Waals surface area contributed by atoms with E-state index in [0.29, 0.717) is 5.13 Å². The number of hydrogen-bond acceptors (Lipinski definition) is 4. The highest BCUT2D eigenvalue weighted by molar-refractivity contribution is 7.15. The van der Waals surface area contributed by atoms with Crippen molar-refractivity contribution in [3.05, 3.63) is 34.2 Å². The monoisotopic (exact) mass is 421 g/mol. The predicted octanol–water partition coefficient (Wildman–Crippen LogP) is 7.05. The lowest BCUT2D eigenvalue weighted by Crippen LogP contribution is -2.28. The van der Waals surface area contributed by atoms with Crippen molar-refractivity contribution < 1.29 is 0 Å². The minimum absolute atomic E-state index is 0.650. The van der Waals surface area contributed by atoms with Crippen molar-refractivity contribution in [2.45, 2.75) is 71.6 Å². The smallest absolute Gasteiger partial charge is 0.180 e. The number of aromatic nitrogens is 1. The van der Waals surface area contributed by atoms with E-state index in [1.54, 1.807) is 11.3 Å². The van der Waals surface area contributed by atoms with Gasteiger partial charge in [0, 0.05) is 22.0 Å². The fourth-order valence-electron chi connectivity index (χ4n) is 3.49. The van der Waals surface area contributed by atoms with Crippen LogP contribution in [0.1, 0.15) is 70.1 Å². The van der Waals surface area contributed by atoms with Gasteiger partial charge in [0.15, 0.2) is 5.13 Å². The summed E-state index contributed by atoms with van der Waals surface area (Å²) in [4.78, 5) is 8.53. The van der Waals surface area contributed by atoms with Crippen LogP contribution in [0, 0.1) is 0 Å². The molecule has 0 amide bonds. The molecule has 28 heavy (non-hydrogen) atoms. The molecule has 1 aromatic heterocycles. The number of nitrogens with two attached hydrogens (primary N) is 1. The van der Waals surface area contributed by atoms with Crippen LogP contribution in [-0.4, -0.2) is 29.5 Å². The summed E-state index contributed by atoms with van der Waals surface area (Å²) in [7, 11) is 0. The van der Waals surface area contributed by atoms with E-state index in [1.165, 1.54) is 69.3 Å². The van der Waals surface area contributed by atoms with E-state index in [2.05, 4.69) is 23.7 Å². The van der Waals surface area contributed by atoms with Gasteiger partial charge in [0.1, 0.15) is 0 Å². The number of nitrogen functional groups attached to an aromatic ring is 1. The fraction of sp³-hybridized carbons (Fsp3) is 0.609. The van der Waals surface area contributed by atoms with Crippen molar-refractivity contribution in [2.24, 2.45) is 0 Å². The van der Waals surface area contributed by atoms with Gasteiger partial charge in [-0.2, -0.15) is 0 Å². The zero-order chi connectivity index (χ0) is 20.2. The highest BCUT2D eigenvalue weighted by Crippen LogP contribution is 2.31. The maximum absolute atomic E-state index is 6.05. The summed E-state index contributed by atoms with van der Waals surface area (Å²) in [6.45, 7) is 8.04. The van der Waals surface area contributed by atoms with Crippen LogP contribution in [0.5, 0.6) is 0 Å². The quantitative estimate of drug-likeness (QED) is 0.332. The molecule has 0 radical (unpaired) electrons. The van der Waals surface area contributed by atoms with Gasteiger partial charge < -0.3 is 10.6 Å². The molecule has 0 bridgehead atoms. The number of nitrogens with zero attached hydrogens (tertiary/aromatic N) is 2. The third-order valence-electron chi connectivity index (χ3n) is 5.14. The first-order chi connectivity index (χ1) is 13.6. The van der Waals surface area contributed by atoms with Crippen molar-refractivity contribution >= 4 is 28.1 Å². The van der Waals surface area contributed by atoms with Crippen LogP contribution in [0.2, 0.25) is 5.02 Å². The SMILES string of the molecule is CCCCCCN(CCCCCC)CCc1sc(N)nc1-c1ccc(Cl)cc1. The van der Waals surface area contributed by atoms with Gasteiger partial charge in [-0.15, -0.1) is 11.3 Å². The summed E-state index contributed by atoms with van der Waals surface area (Å²) < 4.78 is 0. The Balaban J connectivity index is 1.97. The number of benzene rings is 1. The Labute approximate surface area is 180 Å². The first kappa shape index (κ1) is 23.2. The highest BCUT2D eigenvalue weighted by Gasteiger charge is 2.14. The lowest BCUT2D eigenvalue weighted by Gasteiger charge is -2.22. The lowest BCUT2D eigenvalue weighted by molar-refractivity contribution is 0.264. The zero-order valence-corrected chi connectivity index (χ0v) is 19.1. The zero-order valence-electron chi connectivity index (χ0n) is 17.6. The van der Waals surface area contributed by atoms with E-state index in [-0.39, 0.29) is 0 Å². The molecular formula is C23H36ClN3S. The van der Waals surface area contributed by atoms with Gasteiger partial charge in [0.05, 0.1) is 5.69 Å². The second kappa shape index (κ2) is 13.2. The number of rotatable bonds is 14. The van der Waals surface area contributed by atoms with E-state index in [1.807, 2.05) is 24.3 Å². The Hall–Kier alpha value is -1.10. The Kier molecular flexibility index (Phi) is 10.9. The summed E-state index contributed by atoms with van der Waals surface area (Å²) in [6.07, 6.45) is 11.6. The average Bonchev–Trinajstić information content (AvgIpc) is 3.07. The van der Waals surface area contributed by atoms with Crippen LogP contribution in [-0.2, 0) is 6.42 Å². The Bertz CT molecular complexity index is 657. The summed E-state index contributed by atoms with van der Waals surface area (Å²) in [6, 6.07) is 7.91. The van der Waals surface area contributed by atoms with Crippen LogP contribution in [0.4, 0.5) is 5.13 Å². The molecule has 1 aromatic carbocycles. The summed E-state index contributed by atoms with van der Waals surface area (Å²) >= 11 is 7.67. The molecule has 2 N–H and O–H groups in total. The van der Waals surface area contributed by atoms with E-state index >= 15 is 0 Å². The van der Waals surface area contributed by atoms with Crippen molar-refractivity contribution in [1.82, 2.24) is 9.88 Å². The predicted molar refractivity (Wildman–Crippen MR) is 125 cm³/mol. The molecule has 3 nitrogen and oxygen atoms in total.